The molecule has 178 valence electrons. The van der Waals surface area contributed by atoms with Gasteiger partial charge in [-0.2, -0.15) is 13.2 Å². The number of benzene rings is 1. The van der Waals surface area contributed by atoms with Crippen LogP contribution in [-0.4, -0.2) is 22.8 Å². The van der Waals surface area contributed by atoms with Crippen LogP contribution in [-0.2, 0) is 20.5 Å². The molecule has 2 heterocycles. The van der Waals surface area contributed by atoms with Gasteiger partial charge in [-0.3, -0.25) is 14.6 Å². The first-order valence-corrected chi connectivity index (χ1v) is 11.7. The molecule has 1 aliphatic heterocycles. The molecular formula is C27H26F3NO3. The number of rotatable bonds is 3. The van der Waals surface area contributed by atoms with Gasteiger partial charge in [0, 0.05) is 30.5 Å². The Morgan fingerprint density at radius 3 is 2.68 bits per heavy atom. The number of carbonyl (C=O) groups is 2. The fraction of sp³-hybridized carbons (Fsp3) is 0.444. The predicted octanol–water partition coefficient (Wildman–Crippen LogP) is 5.96. The third-order valence-electron chi connectivity index (χ3n) is 7.77. The molecule has 0 spiro atoms. The van der Waals surface area contributed by atoms with Crippen molar-refractivity contribution < 1.29 is 27.5 Å². The zero-order chi connectivity index (χ0) is 24.0. The molecule has 2 aliphatic carbocycles. The van der Waals surface area contributed by atoms with Gasteiger partial charge in [0.2, 0.25) is 0 Å². The Balaban J connectivity index is 1.39. The third kappa shape index (κ3) is 4.28. The topological polar surface area (TPSA) is 56.3 Å². The highest BCUT2D eigenvalue weighted by Crippen LogP contribution is 2.53. The number of hydrogen-bond donors (Lipinski definition) is 0. The van der Waals surface area contributed by atoms with Crippen LogP contribution in [0.4, 0.5) is 13.2 Å². The lowest BCUT2D eigenvalue weighted by molar-refractivity contribution is -0.144. The Hall–Kier alpha value is -2.96. The van der Waals surface area contributed by atoms with Gasteiger partial charge in [-0.1, -0.05) is 24.3 Å². The molecule has 1 saturated heterocycles. The number of ether oxygens (including phenoxy) is 1. The van der Waals surface area contributed by atoms with Gasteiger partial charge in [0.1, 0.15) is 11.9 Å². The maximum Gasteiger partial charge on any atom is 0.416 e. The summed E-state index contributed by atoms with van der Waals surface area (Å²) in [5, 5.41) is 0. The van der Waals surface area contributed by atoms with E-state index in [1.807, 2.05) is 13.0 Å². The van der Waals surface area contributed by atoms with Crippen LogP contribution in [0.5, 0.6) is 0 Å². The number of alkyl halides is 3. The standard InChI is InChI=1S/C27H26F3NO3/c1-15-25-22(23-13-21(32)9-6-17(23)12-24(25)26(33)34-15)10-8-20-7-5-18(14-31-20)16-3-2-4-19(11-16)27(28,29)30/h2-5,7-8,10-11,14-15,17,22-25H,6,9,12-13H2,1H3/b10-8+/t15-,17+,22+,23-,24-,25+/m0/s1. The normalized spacial score (nSPS) is 31.3. The van der Waals surface area contributed by atoms with Gasteiger partial charge in [0.25, 0.3) is 0 Å². The van der Waals surface area contributed by atoms with E-state index < -0.39 is 11.7 Å². The molecule has 3 aliphatic rings. The van der Waals surface area contributed by atoms with Crippen molar-refractivity contribution in [2.45, 2.75) is 44.9 Å². The zero-order valence-corrected chi connectivity index (χ0v) is 18.8. The highest BCUT2D eigenvalue weighted by Gasteiger charge is 2.54. The molecule has 0 radical (unpaired) electrons. The summed E-state index contributed by atoms with van der Waals surface area (Å²) in [6, 6.07) is 8.71. The van der Waals surface area contributed by atoms with Gasteiger partial charge in [-0.15, -0.1) is 0 Å². The monoisotopic (exact) mass is 469 g/mol. The first kappa shape index (κ1) is 22.8. The Labute approximate surface area is 196 Å². The summed E-state index contributed by atoms with van der Waals surface area (Å²) in [7, 11) is 0. The van der Waals surface area contributed by atoms with Gasteiger partial charge < -0.3 is 4.74 Å². The highest BCUT2D eigenvalue weighted by molar-refractivity contribution is 5.80. The Kier molecular flexibility index (Phi) is 5.82. The SMILES string of the molecule is C[C@@H]1OC(=O)[C@H]2C[C@H]3CCC(=O)C[C@@H]3[C@@H](/C=C/c3ccc(-c4cccc(C(F)(F)F)c4)cn3)[C@@H]12. The first-order chi connectivity index (χ1) is 16.2. The summed E-state index contributed by atoms with van der Waals surface area (Å²) in [6.07, 6.45) is 3.67. The molecule has 0 unspecified atom stereocenters. The minimum Gasteiger partial charge on any atom is -0.462 e. The van der Waals surface area contributed by atoms with E-state index >= 15 is 0 Å². The molecule has 2 aromatic rings. The minimum absolute atomic E-state index is 0.0411. The lowest BCUT2D eigenvalue weighted by atomic mass is 9.57. The highest BCUT2D eigenvalue weighted by atomic mass is 19.4. The van der Waals surface area contributed by atoms with Gasteiger partial charge in [0.15, 0.2) is 0 Å². The van der Waals surface area contributed by atoms with E-state index in [9.17, 15) is 22.8 Å². The van der Waals surface area contributed by atoms with Gasteiger partial charge in [0.05, 0.1) is 17.2 Å². The lowest BCUT2D eigenvalue weighted by Gasteiger charge is -2.45. The van der Waals surface area contributed by atoms with Crippen molar-refractivity contribution in [3.63, 3.8) is 0 Å². The maximum absolute atomic E-state index is 13.0. The van der Waals surface area contributed by atoms with Crippen molar-refractivity contribution in [1.29, 1.82) is 0 Å². The predicted molar refractivity (Wildman–Crippen MR) is 120 cm³/mol. The number of halogens is 3. The van der Waals surface area contributed by atoms with E-state index in [-0.39, 0.29) is 41.5 Å². The van der Waals surface area contributed by atoms with Crippen molar-refractivity contribution in [3.8, 4) is 11.1 Å². The average molecular weight is 470 g/mol. The van der Waals surface area contributed by atoms with Crippen molar-refractivity contribution in [1.82, 2.24) is 4.98 Å². The molecule has 2 saturated carbocycles. The zero-order valence-electron chi connectivity index (χ0n) is 18.8. The molecular weight excluding hydrogens is 443 g/mol. The Morgan fingerprint density at radius 1 is 1.12 bits per heavy atom. The van der Waals surface area contributed by atoms with Crippen LogP contribution in [0.1, 0.15) is 43.9 Å². The molecule has 1 aromatic carbocycles. The van der Waals surface area contributed by atoms with Crippen LogP contribution in [0.25, 0.3) is 17.2 Å². The van der Waals surface area contributed by atoms with Crippen LogP contribution < -0.4 is 0 Å². The van der Waals surface area contributed by atoms with Gasteiger partial charge in [-0.25, -0.2) is 0 Å². The number of esters is 1. The molecule has 5 rings (SSSR count). The maximum atomic E-state index is 13.0. The molecule has 7 heteroatoms. The second-order valence-electron chi connectivity index (χ2n) is 9.75. The van der Waals surface area contributed by atoms with E-state index in [4.69, 9.17) is 4.74 Å². The van der Waals surface area contributed by atoms with E-state index in [2.05, 4.69) is 11.1 Å². The van der Waals surface area contributed by atoms with Crippen molar-refractivity contribution in [2.24, 2.45) is 29.6 Å². The molecule has 6 atom stereocenters. The molecule has 3 fully saturated rings. The molecule has 0 bridgehead atoms. The van der Waals surface area contributed by atoms with Crippen molar-refractivity contribution >= 4 is 17.8 Å². The van der Waals surface area contributed by atoms with Gasteiger partial charge in [-0.05, 0) is 67.4 Å². The van der Waals surface area contributed by atoms with E-state index in [0.717, 1.165) is 25.0 Å². The average Bonchev–Trinajstić information content (AvgIpc) is 3.10. The van der Waals surface area contributed by atoms with E-state index in [0.29, 0.717) is 35.6 Å². The number of carbonyl (C=O) groups excluding carboxylic acids is 2. The second kappa shape index (κ2) is 8.67. The lowest BCUT2D eigenvalue weighted by Crippen LogP contribution is -2.44. The first-order valence-electron chi connectivity index (χ1n) is 11.7. The summed E-state index contributed by atoms with van der Waals surface area (Å²) >= 11 is 0. The summed E-state index contributed by atoms with van der Waals surface area (Å²) in [5.74, 6) is 0.632. The number of Topliss-reactive ketones (excluding diaryl/α,β-unsaturated/α-hetero) is 1. The van der Waals surface area contributed by atoms with E-state index in [1.165, 1.54) is 6.07 Å². The van der Waals surface area contributed by atoms with Crippen molar-refractivity contribution in [2.75, 3.05) is 0 Å². The van der Waals surface area contributed by atoms with E-state index in [1.54, 1.807) is 24.4 Å². The number of fused-ring (bicyclic) bond motifs is 2. The number of nitrogens with zero attached hydrogens (tertiary/aromatic N) is 1. The molecule has 0 N–H and O–H groups in total. The van der Waals surface area contributed by atoms with Crippen LogP contribution in [0, 0.1) is 29.6 Å². The molecule has 34 heavy (non-hydrogen) atoms. The number of pyridine rings is 1. The minimum atomic E-state index is -4.40. The largest absolute Gasteiger partial charge is 0.462 e. The van der Waals surface area contributed by atoms with Gasteiger partial charge >= 0.3 is 12.1 Å². The molecule has 4 nitrogen and oxygen atoms in total. The van der Waals surface area contributed by atoms with Crippen LogP contribution in [0.15, 0.2) is 48.7 Å². The summed E-state index contributed by atoms with van der Waals surface area (Å²) in [4.78, 5) is 29.1. The quantitative estimate of drug-likeness (QED) is 0.520. The van der Waals surface area contributed by atoms with Crippen LogP contribution in [0.3, 0.4) is 0 Å². The smallest absolute Gasteiger partial charge is 0.416 e. The summed E-state index contributed by atoms with van der Waals surface area (Å²) < 4.78 is 44.7. The summed E-state index contributed by atoms with van der Waals surface area (Å²) in [5.41, 5.74) is 1.03. The third-order valence-corrected chi connectivity index (χ3v) is 7.77. The fourth-order valence-electron chi connectivity index (χ4n) is 6.15. The van der Waals surface area contributed by atoms with Crippen LogP contribution in [0.2, 0.25) is 0 Å². The molecule has 1 aromatic heterocycles. The number of aromatic nitrogens is 1. The number of hydrogen-bond acceptors (Lipinski definition) is 4. The second-order valence-corrected chi connectivity index (χ2v) is 9.75. The Morgan fingerprint density at radius 2 is 1.94 bits per heavy atom. The number of ketones is 1. The van der Waals surface area contributed by atoms with Crippen LogP contribution >= 0.6 is 0 Å². The number of allylic oxidation sites excluding steroid dienone is 1. The molecule has 0 amide bonds. The Bertz CT molecular complexity index is 1120. The number of cyclic esters (lactones) is 1. The summed E-state index contributed by atoms with van der Waals surface area (Å²) in [6.45, 7) is 1.93. The van der Waals surface area contributed by atoms with Crippen molar-refractivity contribution in [3.05, 3.63) is 59.9 Å². The fourth-order valence-corrected chi connectivity index (χ4v) is 6.15.